The number of rotatable bonds is 8. The summed E-state index contributed by atoms with van der Waals surface area (Å²) in [4.78, 5) is 17.5. The number of H-pyrrole nitrogens is 1. The predicted molar refractivity (Wildman–Crippen MR) is 119 cm³/mol. The third kappa shape index (κ3) is 4.54. The minimum atomic E-state index is -0.0634. The van der Waals surface area contributed by atoms with Gasteiger partial charge in [0.25, 0.3) is 0 Å². The van der Waals surface area contributed by atoms with Crippen LogP contribution >= 0.6 is 0 Å². The van der Waals surface area contributed by atoms with E-state index >= 15 is 0 Å². The first-order chi connectivity index (χ1) is 14.1. The van der Waals surface area contributed by atoms with Crippen LogP contribution in [0, 0.1) is 0 Å². The highest BCUT2D eigenvalue weighted by Gasteiger charge is 2.20. The Balaban J connectivity index is 1.36. The van der Waals surface area contributed by atoms with Crippen LogP contribution in [0.1, 0.15) is 54.6 Å². The van der Waals surface area contributed by atoms with Crippen molar-refractivity contribution >= 4 is 16.8 Å². The van der Waals surface area contributed by atoms with Gasteiger partial charge in [-0.05, 0) is 73.9 Å². The number of amides is 1. The van der Waals surface area contributed by atoms with E-state index in [1.807, 2.05) is 0 Å². The molecule has 29 heavy (non-hydrogen) atoms. The van der Waals surface area contributed by atoms with E-state index in [1.54, 1.807) is 6.92 Å². The first-order valence-electron chi connectivity index (χ1n) is 10.8. The Kier molecular flexibility index (Phi) is 6.00. The summed E-state index contributed by atoms with van der Waals surface area (Å²) < 4.78 is 0. The van der Waals surface area contributed by atoms with Gasteiger partial charge in [0, 0.05) is 30.6 Å². The van der Waals surface area contributed by atoms with Crippen molar-refractivity contribution in [1.82, 2.24) is 15.2 Å². The van der Waals surface area contributed by atoms with Crippen molar-refractivity contribution in [2.24, 2.45) is 0 Å². The van der Waals surface area contributed by atoms with Crippen molar-refractivity contribution in [1.29, 1.82) is 0 Å². The maximum absolute atomic E-state index is 11.8. The Labute approximate surface area is 173 Å². The maximum atomic E-state index is 11.8. The lowest BCUT2D eigenvalue weighted by atomic mass is 10.0. The molecular formula is C25H31N3O. The molecule has 0 fully saturated rings. The summed E-state index contributed by atoms with van der Waals surface area (Å²) in [6.07, 6.45) is 8.95. The Bertz CT molecular complexity index is 991. The van der Waals surface area contributed by atoms with Crippen LogP contribution in [0.5, 0.6) is 0 Å². The predicted octanol–water partition coefficient (Wildman–Crippen LogP) is 4.75. The molecule has 1 unspecified atom stereocenters. The molecule has 0 saturated carbocycles. The zero-order valence-corrected chi connectivity index (χ0v) is 17.5. The third-order valence-electron chi connectivity index (χ3n) is 6.10. The van der Waals surface area contributed by atoms with Crippen LogP contribution in [0.4, 0.5) is 0 Å². The van der Waals surface area contributed by atoms with E-state index in [4.69, 9.17) is 0 Å². The van der Waals surface area contributed by atoms with Crippen LogP contribution < -0.4 is 5.32 Å². The molecule has 1 aromatic heterocycles. The molecule has 3 aromatic rings. The van der Waals surface area contributed by atoms with Crippen molar-refractivity contribution in [2.45, 2.75) is 51.6 Å². The molecule has 152 valence electrons. The van der Waals surface area contributed by atoms with Crippen LogP contribution in [-0.2, 0) is 24.1 Å². The van der Waals surface area contributed by atoms with Gasteiger partial charge in [-0.25, -0.2) is 0 Å². The van der Waals surface area contributed by atoms with Crippen molar-refractivity contribution < 1.29 is 4.79 Å². The second-order valence-corrected chi connectivity index (χ2v) is 8.28. The number of hydrogen-bond donors (Lipinski definition) is 2. The average Bonchev–Trinajstić information content (AvgIpc) is 3.35. The molecule has 4 rings (SSSR count). The van der Waals surface area contributed by atoms with E-state index < -0.39 is 0 Å². The number of hydrogen-bond acceptors (Lipinski definition) is 2. The minimum absolute atomic E-state index is 0.0149. The van der Waals surface area contributed by atoms with Gasteiger partial charge in [0.05, 0.1) is 0 Å². The van der Waals surface area contributed by atoms with Crippen LogP contribution in [0.3, 0.4) is 0 Å². The molecule has 4 nitrogen and oxygen atoms in total. The van der Waals surface area contributed by atoms with Gasteiger partial charge in [0.2, 0.25) is 5.91 Å². The Hall–Kier alpha value is -2.59. The average molecular weight is 390 g/mol. The zero-order valence-electron chi connectivity index (χ0n) is 17.5. The summed E-state index contributed by atoms with van der Waals surface area (Å²) >= 11 is 0. The van der Waals surface area contributed by atoms with Gasteiger partial charge in [-0.3, -0.25) is 9.69 Å². The number of carbonyl (C=O) groups is 1. The van der Waals surface area contributed by atoms with E-state index in [-0.39, 0.29) is 12.1 Å². The first-order valence-corrected chi connectivity index (χ1v) is 10.8. The van der Waals surface area contributed by atoms with Gasteiger partial charge in [-0.2, -0.15) is 0 Å². The van der Waals surface area contributed by atoms with Gasteiger partial charge in [0.15, 0.2) is 0 Å². The van der Waals surface area contributed by atoms with E-state index in [0.29, 0.717) is 0 Å². The molecule has 1 aliphatic carbocycles. The number of fused-ring (bicyclic) bond motifs is 2. The SMILES string of the molecule is CC(=O)NC(c1ccc2c(c1)CCC2)N(C)CCCCc1c[nH]c2ccccc12. The second kappa shape index (κ2) is 8.83. The van der Waals surface area contributed by atoms with Crippen molar-refractivity contribution in [2.75, 3.05) is 13.6 Å². The van der Waals surface area contributed by atoms with E-state index in [9.17, 15) is 4.79 Å². The maximum Gasteiger partial charge on any atom is 0.218 e. The van der Waals surface area contributed by atoms with Gasteiger partial charge in [0.1, 0.15) is 6.17 Å². The summed E-state index contributed by atoms with van der Waals surface area (Å²) in [5.41, 5.74) is 6.71. The Morgan fingerprint density at radius 3 is 2.83 bits per heavy atom. The zero-order chi connectivity index (χ0) is 20.2. The normalized spacial score (nSPS) is 14.3. The number of aromatic amines is 1. The third-order valence-corrected chi connectivity index (χ3v) is 6.10. The molecule has 0 bridgehead atoms. The van der Waals surface area contributed by atoms with Crippen LogP contribution in [0.15, 0.2) is 48.7 Å². The van der Waals surface area contributed by atoms with Gasteiger partial charge in [-0.1, -0.05) is 36.4 Å². The van der Waals surface area contributed by atoms with Crippen molar-refractivity contribution in [3.63, 3.8) is 0 Å². The summed E-state index contributed by atoms with van der Waals surface area (Å²) in [6.45, 7) is 2.55. The van der Waals surface area contributed by atoms with Gasteiger partial charge >= 0.3 is 0 Å². The Morgan fingerprint density at radius 1 is 1.14 bits per heavy atom. The quantitative estimate of drug-likeness (QED) is 0.432. The summed E-state index contributed by atoms with van der Waals surface area (Å²) in [5, 5.41) is 4.48. The topological polar surface area (TPSA) is 48.1 Å². The molecule has 2 aromatic carbocycles. The lowest BCUT2D eigenvalue weighted by molar-refractivity contribution is -0.120. The second-order valence-electron chi connectivity index (χ2n) is 8.28. The molecule has 1 aliphatic rings. The van der Waals surface area contributed by atoms with Crippen LogP contribution in [-0.4, -0.2) is 29.4 Å². The van der Waals surface area contributed by atoms with Gasteiger partial charge < -0.3 is 10.3 Å². The molecule has 2 N–H and O–H groups in total. The highest BCUT2D eigenvalue weighted by atomic mass is 16.1. The summed E-state index contributed by atoms with van der Waals surface area (Å²) in [6, 6.07) is 15.2. The molecule has 0 spiro atoms. The lowest BCUT2D eigenvalue weighted by Crippen LogP contribution is -2.38. The number of aryl methyl sites for hydroxylation is 3. The molecule has 0 radical (unpaired) electrons. The van der Waals surface area contributed by atoms with E-state index in [0.717, 1.165) is 32.2 Å². The standard InChI is InChI=1S/C25H31N3O/c1-18(29)27-25(21-14-13-19-9-7-10-20(19)16-21)28(2)15-6-5-8-22-17-26-24-12-4-3-11-23(22)24/h3-4,11-14,16-17,25-26H,5-10,15H2,1-2H3,(H,27,29). The van der Waals surface area contributed by atoms with Crippen LogP contribution in [0.2, 0.25) is 0 Å². The van der Waals surface area contributed by atoms with E-state index in [1.165, 1.54) is 46.0 Å². The number of nitrogens with zero attached hydrogens (tertiary/aromatic N) is 1. The number of para-hydroxylation sites is 1. The molecule has 1 amide bonds. The minimum Gasteiger partial charge on any atom is -0.361 e. The molecular weight excluding hydrogens is 358 g/mol. The summed E-state index contributed by atoms with van der Waals surface area (Å²) in [5.74, 6) is 0.0149. The molecule has 1 heterocycles. The van der Waals surface area contributed by atoms with Crippen molar-refractivity contribution in [3.05, 3.63) is 70.9 Å². The Morgan fingerprint density at radius 2 is 1.97 bits per heavy atom. The molecule has 1 atom stereocenters. The van der Waals surface area contributed by atoms with Crippen molar-refractivity contribution in [3.8, 4) is 0 Å². The fraction of sp³-hybridized carbons (Fsp3) is 0.400. The highest BCUT2D eigenvalue weighted by molar-refractivity contribution is 5.83. The number of unbranched alkanes of at least 4 members (excludes halogenated alkanes) is 1. The number of nitrogens with one attached hydrogen (secondary N) is 2. The lowest BCUT2D eigenvalue weighted by Gasteiger charge is -2.29. The number of carbonyl (C=O) groups excluding carboxylic acids is 1. The first kappa shape index (κ1) is 19.7. The monoisotopic (exact) mass is 389 g/mol. The largest absolute Gasteiger partial charge is 0.361 e. The highest BCUT2D eigenvalue weighted by Crippen LogP contribution is 2.27. The molecule has 4 heteroatoms. The number of benzene rings is 2. The molecule has 0 saturated heterocycles. The van der Waals surface area contributed by atoms with Crippen LogP contribution in [0.25, 0.3) is 10.9 Å². The van der Waals surface area contributed by atoms with Gasteiger partial charge in [-0.15, -0.1) is 0 Å². The number of aromatic nitrogens is 1. The summed E-state index contributed by atoms with van der Waals surface area (Å²) in [7, 11) is 2.11. The molecule has 0 aliphatic heterocycles. The fourth-order valence-corrected chi connectivity index (χ4v) is 4.55. The fourth-order valence-electron chi connectivity index (χ4n) is 4.55. The van der Waals surface area contributed by atoms with E-state index in [2.05, 4.69) is 70.9 Å². The smallest absolute Gasteiger partial charge is 0.218 e.